The Morgan fingerprint density at radius 3 is 2.46 bits per heavy atom. The van der Waals surface area contributed by atoms with Gasteiger partial charge < -0.3 is 14.5 Å². The highest BCUT2D eigenvalue weighted by Crippen LogP contribution is 2.41. The molecule has 0 aromatic carbocycles. The number of carbonyl (C=O) groups excluding carboxylic acids is 1. The zero-order valence-electron chi connectivity index (χ0n) is 14.2. The summed E-state index contributed by atoms with van der Waals surface area (Å²) in [6.45, 7) is 5.33. The Bertz CT molecular complexity index is 566. The van der Waals surface area contributed by atoms with Crippen molar-refractivity contribution in [3.63, 3.8) is 0 Å². The lowest BCUT2D eigenvalue weighted by molar-refractivity contribution is -0.140. The Morgan fingerprint density at radius 1 is 1.08 bits per heavy atom. The van der Waals surface area contributed by atoms with Crippen LogP contribution in [0, 0.1) is 11.3 Å². The van der Waals surface area contributed by atoms with E-state index in [1.807, 2.05) is 18.5 Å². The summed E-state index contributed by atoms with van der Waals surface area (Å²) in [7, 11) is 0. The van der Waals surface area contributed by atoms with Gasteiger partial charge in [-0.2, -0.15) is 0 Å². The van der Waals surface area contributed by atoms with Crippen molar-refractivity contribution in [2.45, 2.75) is 32.1 Å². The molecule has 1 aromatic heterocycles. The highest BCUT2D eigenvalue weighted by molar-refractivity contribution is 5.79. The number of amides is 1. The molecule has 130 valence electrons. The van der Waals surface area contributed by atoms with Crippen LogP contribution in [0.3, 0.4) is 0 Å². The topological polar surface area (TPSA) is 58.6 Å². The summed E-state index contributed by atoms with van der Waals surface area (Å²) in [5.74, 6) is 1.38. The number of nitrogens with zero attached hydrogens (tertiary/aromatic N) is 4. The summed E-state index contributed by atoms with van der Waals surface area (Å²) in [5.41, 5.74) is 0.339. The first-order valence-corrected chi connectivity index (χ1v) is 9.14. The van der Waals surface area contributed by atoms with Gasteiger partial charge in [0.15, 0.2) is 0 Å². The number of piperidine rings is 1. The number of aromatic nitrogens is 2. The first kappa shape index (κ1) is 15.8. The molecule has 3 aliphatic heterocycles. The van der Waals surface area contributed by atoms with Crippen molar-refractivity contribution in [3.05, 3.63) is 18.5 Å². The summed E-state index contributed by atoms with van der Waals surface area (Å²) in [6, 6.07) is 1.86. The van der Waals surface area contributed by atoms with Crippen molar-refractivity contribution in [2.24, 2.45) is 11.3 Å². The van der Waals surface area contributed by atoms with E-state index in [1.54, 1.807) is 0 Å². The fourth-order valence-electron chi connectivity index (χ4n) is 4.37. The van der Waals surface area contributed by atoms with Crippen molar-refractivity contribution in [1.82, 2.24) is 14.9 Å². The van der Waals surface area contributed by atoms with E-state index >= 15 is 0 Å². The van der Waals surface area contributed by atoms with E-state index in [-0.39, 0.29) is 5.92 Å². The minimum Gasteiger partial charge on any atom is -0.381 e. The van der Waals surface area contributed by atoms with Crippen LogP contribution in [0.5, 0.6) is 0 Å². The summed E-state index contributed by atoms with van der Waals surface area (Å²) in [4.78, 5) is 25.8. The van der Waals surface area contributed by atoms with Gasteiger partial charge in [-0.3, -0.25) is 4.79 Å². The zero-order chi connectivity index (χ0) is 16.4. The number of likely N-dealkylation sites (tertiary alicyclic amines) is 1. The third kappa shape index (κ3) is 3.11. The van der Waals surface area contributed by atoms with Crippen LogP contribution in [0.25, 0.3) is 0 Å². The van der Waals surface area contributed by atoms with Gasteiger partial charge in [0.25, 0.3) is 0 Å². The predicted molar refractivity (Wildman–Crippen MR) is 90.7 cm³/mol. The molecule has 6 nitrogen and oxygen atoms in total. The summed E-state index contributed by atoms with van der Waals surface area (Å²) in [6.07, 6.45) is 8.78. The fourth-order valence-corrected chi connectivity index (χ4v) is 4.37. The summed E-state index contributed by atoms with van der Waals surface area (Å²) < 4.78 is 5.38. The largest absolute Gasteiger partial charge is 0.381 e. The Morgan fingerprint density at radius 2 is 1.75 bits per heavy atom. The molecule has 0 atom stereocenters. The van der Waals surface area contributed by atoms with E-state index in [9.17, 15) is 4.79 Å². The van der Waals surface area contributed by atoms with Crippen LogP contribution >= 0.6 is 0 Å². The number of carbonyl (C=O) groups is 1. The van der Waals surface area contributed by atoms with Crippen molar-refractivity contribution < 1.29 is 9.53 Å². The number of ether oxygens (including phenoxy) is 1. The molecular formula is C18H26N4O2. The normalized spacial score (nSPS) is 24.5. The van der Waals surface area contributed by atoms with Crippen molar-refractivity contribution in [1.29, 1.82) is 0 Å². The molecule has 0 unspecified atom stereocenters. The molecule has 1 aromatic rings. The first-order chi connectivity index (χ1) is 11.8. The van der Waals surface area contributed by atoms with Crippen molar-refractivity contribution in [3.8, 4) is 0 Å². The van der Waals surface area contributed by atoms with Crippen LogP contribution in [0.4, 0.5) is 5.95 Å². The average molecular weight is 330 g/mol. The molecule has 1 amide bonds. The minimum atomic E-state index is 0.186. The third-order valence-corrected chi connectivity index (χ3v) is 5.98. The monoisotopic (exact) mass is 330 g/mol. The minimum absolute atomic E-state index is 0.186. The molecule has 3 saturated heterocycles. The van der Waals surface area contributed by atoms with Crippen LogP contribution in [0.1, 0.15) is 32.1 Å². The average Bonchev–Trinajstić information content (AvgIpc) is 3.07. The second kappa shape index (κ2) is 6.67. The quantitative estimate of drug-likeness (QED) is 0.826. The highest BCUT2D eigenvalue weighted by Gasteiger charge is 2.42. The third-order valence-electron chi connectivity index (χ3n) is 5.98. The Kier molecular flexibility index (Phi) is 4.39. The van der Waals surface area contributed by atoms with E-state index in [2.05, 4.69) is 19.8 Å². The van der Waals surface area contributed by atoms with Gasteiger partial charge in [0, 0.05) is 57.7 Å². The molecule has 4 rings (SSSR count). The van der Waals surface area contributed by atoms with Crippen LogP contribution < -0.4 is 4.90 Å². The molecule has 3 aliphatic rings. The summed E-state index contributed by atoms with van der Waals surface area (Å²) in [5, 5.41) is 0. The van der Waals surface area contributed by atoms with E-state index < -0.39 is 0 Å². The highest BCUT2D eigenvalue weighted by atomic mass is 16.5. The molecule has 0 radical (unpaired) electrons. The van der Waals surface area contributed by atoms with Gasteiger partial charge in [-0.15, -0.1) is 0 Å². The van der Waals surface area contributed by atoms with E-state index in [1.165, 1.54) is 6.42 Å². The Balaban J connectivity index is 1.33. The molecule has 4 heterocycles. The van der Waals surface area contributed by atoms with Gasteiger partial charge in [-0.1, -0.05) is 0 Å². The lowest BCUT2D eigenvalue weighted by atomic mass is 9.77. The molecule has 0 N–H and O–H groups in total. The predicted octanol–water partition coefficient (Wildman–Crippen LogP) is 1.72. The van der Waals surface area contributed by atoms with E-state index in [0.717, 1.165) is 71.0 Å². The maximum atomic E-state index is 12.7. The molecule has 0 saturated carbocycles. The molecule has 6 heteroatoms. The van der Waals surface area contributed by atoms with Crippen LogP contribution in [0.15, 0.2) is 18.5 Å². The smallest absolute Gasteiger partial charge is 0.225 e. The molecule has 0 bridgehead atoms. The Labute approximate surface area is 143 Å². The van der Waals surface area contributed by atoms with Gasteiger partial charge >= 0.3 is 0 Å². The van der Waals surface area contributed by atoms with Crippen LogP contribution in [-0.2, 0) is 9.53 Å². The van der Waals surface area contributed by atoms with E-state index in [0.29, 0.717) is 11.3 Å². The lowest BCUT2D eigenvalue weighted by Gasteiger charge is -2.40. The lowest BCUT2D eigenvalue weighted by Crippen LogP contribution is -2.47. The number of hydrogen-bond acceptors (Lipinski definition) is 5. The van der Waals surface area contributed by atoms with Gasteiger partial charge in [-0.05, 0) is 43.6 Å². The molecular weight excluding hydrogens is 304 g/mol. The molecule has 3 fully saturated rings. The molecule has 1 spiro atoms. The second-order valence-electron chi connectivity index (χ2n) is 7.43. The van der Waals surface area contributed by atoms with Crippen LogP contribution in [-0.4, -0.2) is 60.2 Å². The second-order valence-corrected chi connectivity index (χ2v) is 7.43. The van der Waals surface area contributed by atoms with Crippen molar-refractivity contribution >= 4 is 11.9 Å². The van der Waals surface area contributed by atoms with Gasteiger partial charge in [0.05, 0.1) is 0 Å². The maximum absolute atomic E-state index is 12.7. The van der Waals surface area contributed by atoms with Crippen LogP contribution in [0.2, 0.25) is 0 Å². The first-order valence-electron chi connectivity index (χ1n) is 9.14. The number of rotatable bonds is 2. The van der Waals surface area contributed by atoms with Crippen molar-refractivity contribution in [2.75, 3.05) is 44.3 Å². The molecule has 0 aliphatic carbocycles. The molecule has 24 heavy (non-hydrogen) atoms. The summed E-state index contributed by atoms with van der Waals surface area (Å²) >= 11 is 0. The van der Waals surface area contributed by atoms with Gasteiger partial charge in [0.1, 0.15) is 0 Å². The maximum Gasteiger partial charge on any atom is 0.225 e. The SMILES string of the molecule is O=C(C1CCOCC1)N1CCC2(CC1)CCN(c1ncccn1)C2. The van der Waals surface area contributed by atoms with Gasteiger partial charge in [-0.25, -0.2) is 9.97 Å². The fraction of sp³-hybridized carbons (Fsp3) is 0.722. The standard InChI is InChI=1S/C18H26N4O2/c23-16(15-2-12-24-13-3-15)21-9-4-18(5-10-21)6-11-22(14-18)17-19-7-1-8-20-17/h1,7-8,15H,2-6,9-14H2. The Hall–Kier alpha value is -1.69. The van der Waals surface area contributed by atoms with E-state index in [4.69, 9.17) is 4.74 Å². The number of hydrogen-bond donors (Lipinski definition) is 0. The number of anilines is 1. The zero-order valence-corrected chi connectivity index (χ0v) is 14.2. The van der Waals surface area contributed by atoms with Gasteiger partial charge in [0.2, 0.25) is 11.9 Å².